The Kier molecular flexibility index (Phi) is 13.4. The number of likely N-dealkylation sites (tertiary alicyclic amines) is 1. The number of rotatable bonds is 10. The van der Waals surface area contributed by atoms with Crippen LogP contribution < -0.4 is 20.1 Å². The molecule has 0 spiro atoms. The number of hydrogen-bond donors (Lipinski definition) is 2. The molecule has 2 rings (SSSR count). The highest BCUT2D eigenvalue weighted by atomic mass is 127. The molecule has 1 aromatic rings. The lowest BCUT2D eigenvalue weighted by Gasteiger charge is -2.30. The summed E-state index contributed by atoms with van der Waals surface area (Å²) in [6.07, 6.45) is 2.75. The molecule has 1 fully saturated rings. The van der Waals surface area contributed by atoms with E-state index in [4.69, 9.17) is 9.47 Å². The van der Waals surface area contributed by atoms with Crippen molar-refractivity contribution in [2.24, 2.45) is 10.9 Å². The number of guanidine groups is 1. The van der Waals surface area contributed by atoms with E-state index in [0.29, 0.717) is 38.1 Å². The van der Waals surface area contributed by atoms with Gasteiger partial charge in [0.15, 0.2) is 17.5 Å². The van der Waals surface area contributed by atoms with Crippen LogP contribution >= 0.6 is 24.0 Å². The first-order valence-electron chi connectivity index (χ1n) is 11.7. The largest absolute Gasteiger partial charge is 0.490 e. The number of ether oxygens (including phenoxy) is 2. The minimum atomic E-state index is 0. The number of carbonyl (C=O) groups is 1. The third-order valence-electron chi connectivity index (χ3n) is 5.37. The van der Waals surface area contributed by atoms with E-state index in [1.807, 2.05) is 43.9 Å². The first-order chi connectivity index (χ1) is 15.0. The lowest BCUT2D eigenvalue weighted by molar-refractivity contribution is -0.132. The van der Waals surface area contributed by atoms with Crippen molar-refractivity contribution in [2.45, 2.75) is 59.9 Å². The first-order valence-corrected chi connectivity index (χ1v) is 11.7. The zero-order chi connectivity index (χ0) is 22.6. The van der Waals surface area contributed by atoms with Crippen molar-refractivity contribution in [2.75, 3.05) is 39.4 Å². The number of amides is 1. The van der Waals surface area contributed by atoms with E-state index in [1.165, 1.54) is 6.42 Å². The van der Waals surface area contributed by atoms with Gasteiger partial charge >= 0.3 is 0 Å². The number of benzene rings is 1. The summed E-state index contributed by atoms with van der Waals surface area (Å²) in [4.78, 5) is 19.1. The molecule has 7 nitrogen and oxygen atoms in total. The molecule has 8 heteroatoms. The van der Waals surface area contributed by atoms with E-state index >= 15 is 0 Å². The third-order valence-corrected chi connectivity index (χ3v) is 5.37. The van der Waals surface area contributed by atoms with Gasteiger partial charge in [0.1, 0.15) is 0 Å². The summed E-state index contributed by atoms with van der Waals surface area (Å²) in [6.45, 7) is 14.4. The van der Waals surface area contributed by atoms with Gasteiger partial charge in [0.25, 0.3) is 0 Å². The molecule has 2 atom stereocenters. The fraction of sp³-hybridized carbons (Fsp3) is 0.667. The number of nitrogens with one attached hydrogen (secondary N) is 2. The Bertz CT molecular complexity index is 729. The van der Waals surface area contributed by atoms with Crippen LogP contribution in [0.3, 0.4) is 0 Å². The van der Waals surface area contributed by atoms with Gasteiger partial charge in [-0.25, -0.2) is 0 Å². The summed E-state index contributed by atoms with van der Waals surface area (Å²) >= 11 is 0. The molecule has 0 aliphatic carbocycles. The van der Waals surface area contributed by atoms with E-state index in [-0.39, 0.29) is 35.9 Å². The van der Waals surface area contributed by atoms with Crippen LogP contribution in [0.25, 0.3) is 0 Å². The first kappa shape index (κ1) is 28.3. The Morgan fingerprint density at radius 2 is 1.94 bits per heavy atom. The maximum absolute atomic E-state index is 12.5. The molecule has 0 radical (unpaired) electrons. The van der Waals surface area contributed by atoms with Crippen LogP contribution in [0.4, 0.5) is 0 Å². The highest BCUT2D eigenvalue weighted by Gasteiger charge is 2.20. The second-order valence-electron chi connectivity index (χ2n) is 8.04. The average Bonchev–Trinajstić information content (AvgIpc) is 2.75. The fourth-order valence-corrected chi connectivity index (χ4v) is 3.78. The maximum Gasteiger partial charge on any atom is 0.224 e. The molecule has 32 heavy (non-hydrogen) atoms. The topological polar surface area (TPSA) is 75.2 Å². The minimum absolute atomic E-state index is 0. The Labute approximate surface area is 210 Å². The van der Waals surface area contributed by atoms with Gasteiger partial charge in [-0.1, -0.05) is 13.0 Å². The Hall–Kier alpha value is -1.71. The van der Waals surface area contributed by atoms with Crippen LogP contribution in [0.5, 0.6) is 11.5 Å². The van der Waals surface area contributed by atoms with E-state index in [0.717, 1.165) is 43.1 Å². The van der Waals surface area contributed by atoms with E-state index < -0.39 is 0 Å². The van der Waals surface area contributed by atoms with Crippen LogP contribution in [0.1, 0.15) is 65.5 Å². The van der Waals surface area contributed by atoms with Crippen LogP contribution in [-0.2, 0) is 4.79 Å². The lowest BCUT2D eigenvalue weighted by atomic mass is 10.00. The summed E-state index contributed by atoms with van der Waals surface area (Å²) in [7, 11) is 0. The molecule has 1 aliphatic rings. The number of nitrogens with zero attached hydrogens (tertiary/aromatic N) is 2. The lowest BCUT2D eigenvalue weighted by Crippen LogP contribution is -2.40. The molecule has 1 heterocycles. The van der Waals surface area contributed by atoms with Gasteiger partial charge in [-0.15, -0.1) is 24.0 Å². The molecule has 1 amide bonds. The number of hydrogen-bond acceptors (Lipinski definition) is 4. The van der Waals surface area contributed by atoms with Crippen molar-refractivity contribution in [1.82, 2.24) is 15.5 Å². The highest BCUT2D eigenvalue weighted by molar-refractivity contribution is 14.0. The molecule has 2 N–H and O–H groups in total. The summed E-state index contributed by atoms with van der Waals surface area (Å²) in [5.41, 5.74) is 1.08. The van der Waals surface area contributed by atoms with Gasteiger partial charge in [0.2, 0.25) is 5.91 Å². The monoisotopic (exact) mass is 560 g/mol. The number of piperidine rings is 1. The summed E-state index contributed by atoms with van der Waals surface area (Å²) < 4.78 is 11.4. The van der Waals surface area contributed by atoms with Crippen molar-refractivity contribution in [3.05, 3.63) is 23.8 Å². The molecule has 0 bridgehead atoms. The van der Waals surface area contributed by atoms with Gasteiger partial charge in [-0.2, -0.15) is 0 Å². The SMILES string of the molecule is CCNC(=NCCC(=O)N1CCCC(C)C1)NC(C)c1ccc(OCC)c(OCC)c1.I. The summed E-state index contributed by atoms with van der Waals surface area (Å²) in [5, 5.41) is 6.71. The van der Waals surface area contributed by atoms with Crippen molar-refractivity contribution in [3.8, 4) is 11.5 Å². The third kappa shape index (κ3) is 9.03. The van der Waals surface area contributed by atoms with Crippen molar-refractivity contribution < 1.29 is 14.3 Å². The fourth-order valence-electron chi connectivity index (χ4n) is 3.78. The predicted molar refractivity (Wildman–Crippen MR) is 141 cm³/mol. The molecule has 182 valence electrons. The minimum Gasteiger partial charge on any atom is -0.490 e. The van der Waals surface area contributed by atoms with Gasteiger partial charge in [0, 0.05) is 26.1 Å². The highest BCUT2D eigenvalue weighted by Crippen LogP contribution is 2.30. The van der Waals surface area contributed by atoms with Crippen LogP contribution in [0.2, 0.25) is 0 Å². The molecular formula is C24H41IN4O3. The zero-order valence-electron chi connectivity index (χ0n) is 20.3. The standard InChI is InChI=1S/C24H40N4O3.HI/c1-6-25-24(26-14-13-23(29)28-15-9-10-18(4)17-28)27-19(5)20-11-12-21(30-7-2)22(16-20)31-8-3;/h11-12,16,18-19H,6-10,13-15,17H2,1-5H3,(H2,25,26,27);1H. The number of aliphatic imine (C=N–C) groups is 1. The second-order valence-corrected chi connectivity index (χ2v) is 8.04. The van der Waals surface area contributed by atoms with Crippen molar-refractivity contribution in [1.29, 1.82) is 0 Å². The normalized spacial score (nSPS) is 17.2. The summed E-state index contributed by atoms with van der Waals surface area (Å²) in [6, 6.07) is 6.02. The average molecular weight is 561 g/mol. The number of carbonyl (C=O) groups excluding carboxylic acids is 1. The van der Waals surface area contributed by atoms with Gasteiger partial charge in [-0.3, -0.25) is 9.79 Å². The zero-order valence-corrected chi connectivity index (χ0v) is 22.6. The van der Waals surface area contributed by atoms with Crippen LogP contribution in [0, 0.1) is 5.92 Å². The van der Waals surface area contributed by atoms with Crippen LogP contribution in [-0.4, -0.2) is 56.2 Å². The maximum atomic E-state index is 12.5. The van der Waals surface area contributed by atoms with Crippen molar-refractivity contribution in [3.63, 3.8) is 0 Å². The molecule has 1 aromatic carbocycles. The molecule has 2 unspecified atom stereocenters. The molecule has 0 saturated carbocycles. The molecule has 1 aliphatic heterocycles. The Morgan fingerprint density at radius 3 is 2.59 bits per heavy atom. The van der Waals surface area contributed by atoms with E-state index in [2.05, 4.69) is 29.5 Å². The summed E-state index contributed by atoms with van der Waals surface area (Å²) in [5.74, 6) is 3.01. The molecule has 0 aromatic heterocycles. The smallest absolute Gasteiger partial charge is 0.224 e. The Morgan fingerprint density at radius 1 is 1.22 bits per heavy atom. The van der Waals surface area contributed by atoms with Crippen molar-refractivity contribution >= 4 is 35.8 Å². The predicted octanol–water partition coefficient (Wildman–Crippen LogP) is 4.37. The quantitative estimate of drug-likeness (QED) is 0.253. The van der Waals surface area contributed by atoms with E-state index in [1.54, 1.807) is 0 Å². The van der Waals surface area contributed by atoms with Gasteiger partial charge in [-0.05, 0) is 64.2 Å². The molecular weight excluding hydrogens is 519 g/mol. The number of halogens is 1. The van der Waals surface area contributed by atoms with Gasteiger partial charge in [0.05, 0.1) is 25.8 Å². The Balaban J connectivity index is 0.00000512. The van der Waals surface area contributed by atoms with Crippen LogP contribution in [0.15, 0.2) is 23.2 Å². The van der Waals surface area contributed by atoms with Gasteiger partial charge < -0.3 is 25.0 Å². The second kappa shape index (κ2) is 15.2. The molecule has 1 saturated heterocycles. The van der Waals surface area contributed by atoms with E-state index in [9.17, 15) is 4.79 Å².